The number of pyridine rings is 1. The molecule has 0 radical (unpaired) electrons. The first-order valence-corrected chi connectivity index (χ1v) is 9.51. The smallest absolute Gasteiger partial charge is 0.335 e. The molecule has 0 bridgehead atoms. The molecule has 1 saturated carbocycles. The van der Waals surface area contributed by atoms with Crippen molar-refractivity contribution in [2.75, 3.05) is 0 Å². The van der Waals surface area contributed by atoms with Crippen molar-refractivity contribution in [3.8, 4) is 5.82 Å². The highest BCUT2D eigenvalue weighted by atomic mass is 19.4. The van der Waals surface area contributed by atoms with Crippen LogP contribution in [0.15, 0.2) is 61.2 Å². The molecule has 0 saturated heterocycles. The van der Waals surface area contributed by atoms with Gasteiger partial charge in [-0.05, 0) is 36.6 Å². The highest BCUT2D eigenvalue weighted by Gasteiger charge is 2.39. The normalized spacial score (nSPS) is 19.2. The summed E-state index contributed by atoms with van der Waals surface area (Å²) in [6.07, 6.45) is -0.186. The van der Waals surface area contributed by atoms with Gasteiger partial charge in [0.25, 0.3) is 0 Å². The van der Waals surface area contributed by atoms with Crippen LogP contribution in [0.4, 0.5) is 18.0 Å². The summed E-state index contributed by atoms with van der Waals surface area (Å²) >= 11 is 0. The second-order valence-electron chi connectivity index (χ2n) is 7.31. The minimum absolute atomic E-state index is 0.0966. The molecule has 2 N–H and O–H groups in total. The highest BCUT2D eigenvalue weighted by molar-refractivity contribution is 5.75. The van der Waals surface area contributed by atoms with Crippen LogP contribution in [0.1, 0.15) is 42.1 Å². The second kappa shape index (κ2) is 7.81. The van der Waals surface area contributed by atoms with Crippen LogP contribution < -0.4 is 10.6 Å². The van der Waals surface area contributed by atoms with E-state index in [-0.39, 0.29) is 23.9 Å². The van der Waals surface area contributed by atoms with Crippen molar-refractivity contribution in [2.45, 2.75) is 37.5 Å². The zero-order valence-electron chi connectivity index (χ0n) is 16.1. The fourth-order valence-electron chi connectivity index (χ4n) is 3.35. The number of rotatable bonds is 5. The highest BCUT2D eigenvalue weighted by Crippen LogP contribution is 2.40. The number of carbonyl (C=O) groups excluding carboxylic acids is 1. The van der Waals surface area contributed by atoms with E-state index in [4.69, 9.17) is 0 Å². The Labute approximate surface area is 171 Å². The van der Waals surface area contributed by atoms with Gasteiger partial charge in [-0.2, -0.15) is 13.2 Å². The lowest BCUT2D eigenvalue weighted by Gasteiger charge is -2.16. The Bertz CT molecular complexity index is 1030. The Kier molecular flexibility index (Phi) is 5.19. The molecule has 1 aromatic carbocycles. The molecule has 0 spiro atoms. The Morgan fingerprint density at radius 3 is 2.67 bits per heavy atom. The monoisotopic (exact) mass is 415 g/mol. The molecule has 2 heterocycles. The molecule has 2 aromatic heterocycles. The first-order chi connectivity index (χ1) is 14.3. The van der Waals surface area contributed by atoms with Crippen LogP contribution in [-0.2, 0) is 6.18 Å². The van der Waals surface area contributed by atoms with Crippen LogP contribution in [0.25, 0.3) is 5.82 Å². The number of halogens is 3. The Balaban J connectivity index is 1.37. The van der Waals surface area contributed by atoms with Crippen LogP contribution in [0.2, 0.25) is 0 Å². The Morgan fingerprint density at radius 1 is 1.20 bits per heavy atom. The number of imidazole rings is 1. The van der Waals surface area contributed by atoms with Gasteiger partial charge in [-0.15, -0.1) is 0 Å². The second-order valence-corrected chi connectivity index (χ2v) is 7.31. The van der Waals surface area contributed by atoms with Crippen molar-refractivity contribution in [1.82, 2.24) is 25.2 Å². The van der Waals surface area contributed by atoms with E-state index in [2.05, 4.69) is 20.6 Å². The predicted octanol–water partition coefficient (Wildman–Crippen LogP) is 4.20. The van der Waals surface area contributed by atoms with Crippen molar-refractivity contribution < 1.29 is 18.0 Å². The Hall–Kier alpha value is -3.36. The molecular formula is C21H20F3N5O. The van der Waals surface area contributed by atoms with Gasteiger partial charge in [-0.1, -0.05) is 30.3 Å². The molecular weight excluding hydrogens is 395 g/mol. The number of alkyl halides is 3. The number of urea groups is 1. The molecule has 1 fully saturated rings. The lowest BCUT2D eigenvalue weighted by Crippen LogP contribution is -2.38. The molecule has 0 unspecified atom stereocenters. The third-order valence-electron chi connectivity index (χ3n) is 5.09. The summed E-state index contributed by atoms with van der Waals surface area (Å²) in [5.41, 5.74) is 0.929. The summed E-state index contributed by atoms with van der Waals surface area (Å²) in [5, 5.41) is 5.83. The molecule has 4 rings (SSSR count). The van der Waals surface area contributed by atoms with Crippen LogP contribution in [0.5, 0.6) is 0 Å². The lowest BCUT2D eigenvalue weighted by atomic mass is 10.1. The van der Waals surface area contributed by atoms with Crippen molar-refractivity contribution in [3.63, 3.8) is 0 Å². The zero-order valence-corrected chi connectivity index (χ0v) is 16.1. The van der Waals surface area contributed by atoms with Crippen LogP contribution in [-0.4, -0.2) is 26.6 Å². The molecule has 3 atom stereocenters. The van der Waals surface area contributed by atoms with Crippen LogP contribution in [0.3, 0.4) is 0 Å². The maximum atomic E-state index is 12.8. The molecule has 9 heteroatoms. The van der Waals surface area contributed by atoms with Gasteiger partial charge < -0.3 is 10.6 Å². The largest absolute Gasteiger partial charge is 0.434 e. The average Bonchev–Trinajstić information content (AvgIpc) is 3.28. The van der Waals surface area contributed by atoms with Gasteiger partial charge in [0.05, 0.1) is 6.04 Å². The standard InChI is InChI=1S/C21H20F3N5O/c1-13(27-20(30)28-17-10-16(17)14-5-3-2-4-6-14)15-7-8-25-19(9-15)29-11-18(26-12-29)21(22,23)24/h2-9,11-13,16-17H,10H2,1H3,(H2,27,28,30)/t13-,16-,17+/m0/s1. The van der Waals surface area contributed by atoms with E-state index in [1.165, 1.54) is 16.3 Å². The number of hydrogen-bond acceptors (Lipinski definition) is 3. The maximum Gasteiger partial charge on any atom is 0.434 e. The molecule has 0 aliphatic heterocycles. The van der Waals surface area contributed by atoms with Gasteiger partial charge in [0.15, 0.2) is 5.69 Å². The summed E-state index contributed by atoms with van der Waals surface area (Å²) in [6.45, 7) is 1.80. The van der Waals surface area contributed by atoms with Crippen molar-refractivity contribution in [1.29, 1.82) is 0 Å². The molecule has 30 heavy (non-hydrogen) atoms. The fourth-order valence-corrected chi connectivity index (χ4v) is 3.35. The van der Waals surface area contributed by atoms with Gasteiger partial charge in [0, 0.05) is 24.4 Å². The number of benzene rings is 1. The van der Waals surface area contributed by atoms with Gasteiger partial charge in [0.1, 0.15) is 12.1 Å². The van der Waals surface area contributed by atoms with Crippen molar-refractivity contribution >= 4 is 6.03 Å². The van der Waals surface area contributed by atoms with Gasteiger partial charge in [-0.25, -0.2) is 14.8 Å². The molecule has 6 nitrogen and oxygen atoms in total. The van der Waals surface area contributed by atoms with E-state index in [1.54, 1.807) is 19.1 Å². The van der Waals surface area contributed by atoms with Crippen molar-refractivity contribution in [3.05, 3.63) is 78.0 Å². The summed E-state index contributed by atoms with van der Waals surface area (Å²) in [5.74, 6) is 0.611. The summed E-state index contributed by atoms with van der Waals surface area (Å²) in [4.78, 5) is 19.8. The lowest BCUT2D eigenvalue weighted by molar-refractivity contribution is -0.140. The number of amides is 2. The first kappa shape index (κ1) is 19.9. The number of hydrogen-bond donors (Lipinski definition) is 2. The number of carbonyl (C=O) groups is 1. The Morgan fingerprint density at radius 2 is 1.97 bits per heavy atom. The fraction of sp³-hybridized carbons (Fsp3) is 0.286. The van der Waals surface area contributed by atoms with Gasteiger partial charge >= 0.3 is 12.2 Å². The van der Waals surface area contributed by atoms with E-state index in [0.29, 0.717) is 11.5 Å². The minimum atomic E-state index is -4.52. The maximum absolute atomic E-state index is 12.8. The van der Waals surface area contributed by atoms with E-state index >= 15 is 0 Å². The molecule has 1 aliphatic carbocycles. The SMILES string of the molecule is C[C@H](NC(=O)N[C@@H]1C[C@H]1c1ccccc1)c1ccnc(-n2cnc(C(F)(F)F)c2)c1. The first-order valence-electron chi connectivity index (χ1n) is 9.51. The van der Waals surface area contributed by atoms with E-state index in [1.807, 2.05) is 30.3 Å². The van der Waals surface area contributed by atoms with Crippen molar-refractivity contribution in [2.24, 2.45) is 0 Å². The average molecular weight is 415 g/mol. The third kappa shape index (κ3) is 4.45. The number of aromatic nitrogens is 3. The number of nitrogens with one attached hydrogen (secondary N) is 2. The predicted molar refractivity (Wildman–Crippen MR) is 104 cm³/mol. The minimum Gasteiger partial charge on any atom is -0.335 e. The quantitative estimate of drug-likeness (QED) is 0.656. The van der Waals surface area contributed by atoms with Gasteiger partial charge in [0.2, 0.25) is 0 Å². The zero-order chi connectivity index (χ0) is 21.3. The van der Waals surface area contributed by atoms with E-state index in [0.717, 1.165) is 18.9 Å². The number of nitrogens with zero attached hydrogens (tertiary/aromatic N) is 3. The molecule has 2 amide bonds. The third-order valence-corrected chi connectivity index (χ3v) is 5.09. The van der Waals surface area contributed by atoms with Crippen LogP contribution in [0, 0.1) is 0 Å². The van der Waals surface area contributed by atoms with Gasteiger partial charge in [-0.3, -0.25) is 4.57 Å². The summed E-state index contributed by atoms with van der Waals surface area (Å²) in [7, 11) is 0. The summed E-state index contributed by atoms with van der Waals surface area (Å²) < 4.78 is 39.5. The molecule has 156 valence electrons. The topological polar surface area (TPSA) is 71.8 Å². The summed E-state index contributed by atoms with van der Waals surface area (Å²) in [6, 6.07) is 12.8. The van der Waals surface area contributed by atoms with E-state index < -0.39 is 11.9 Å². The molecule has 1 aliphatic rings. The molecule has 3 aromatic rings. The van der Waals surface area contributed by atoms with E-state index in [9.17, 15) is 18.0 Å². The van der Waals surface area contributed by atoms with Crippen LogP contribution >= 0.6 is 0 Å².